The first-order valence-corrected chi connectivity index (χ1v) is 7.92. The van der Waals surface area contributed by atoms with Gasteiger partial charge in [-0.25, -0.2) is 0 Å². The van der Waals surface area contributed by atoms with E-state index in [2.05, 4.69) is 50.5 Å². The molecule has 88 valence electrons. The molecule has 1 aromatic rings. The highest BCUT2D eigenvalue weighted by Gasteiger charge is 2.06. The molecule has 0 atom stereocenters. The summed E-state index contributed by atoms with van der Waals surface area (Å²) in [4.78, 5) is 11.7. The molecule has 0 bridgehead atoms. The summed E-state index contributed by atoms with van der Waals surface area (Å²) >= 11 is 10.4. The predicted molar refractivity (Wildman–Crippen MR) is 84.6 cm³/mol. The molecule has 0 unspecified atom stereocenters. The summed E-state index contributed by atoms with van der Waals surface area (Å²) in [5.41, 5.74) is 0.625. The Morgan fingerprint density at radius 1 is 1.38 bits per heavy atom. The van der Waals surface area contributed by atoms with Gasteiger partial charge in [-0.2, -0.15) is 0 Å². The van der Waals surface area contributed by atoms with Crippen molar-refractivity contribution in [3.63, 3.8) is 0 Å². The van der Waals surface area contributed by atoms with Crippen LogP contribution in [0.2, 0.25) is 5.02 Å². The molecule has 0 radical (unpaired) electrons. The Bertz CT molecular complexity index is 371. The van der Waals surface area contributed by atoms with Crippen LogP contribution in [0.3, 0.4) is 0 Å². The quantitative estimate of drug-likeness (QED) is 0.401. The summed E-state index contributed by atoms with van der Waals surface area (Å²) in [5, 5.41) is 3.50. The Kier molecular flexibility index (Phi) is 6.98. The number of amides is 1. The molecule has 0 heterocycles. The van der Waals surface area contributed by atoms with E-state index in [9.17, 15) is 4.79 Å². The van der Waals surface area contributed by atoms with Gasteiger partial charge in [0.2, 0.25) is 0 Å². The molecule has 1 N–H and O–H groups in total. The van der Waals surface area contributed by atoms with Crippen LogP contribution in [0.15, 0.2) is 18.2 Å². The van der Waals surface area contributed by atoms with Gasteiger partial charge in [-0.1, -0.05) is 34.2 Å². The predicted octanol–water partition coefficient (Wildman–Crippen LogP) is 3.89. The summed E-state index contributed by atoms with van der Waals surface area (Å²) in [6, 6.07) is 5.35. The van der Waals surface area contributed by atoms with E-state index in [1.165, 1.54) is 0 Å². The van der Waals surface area contributed by atoms with E-state index in [0.29, 0.717) is 10.6 Å². The van der Waals surface area contributed by atoms with E-state index >= 15 is 0 Å². The number of unbranched alkanes of at least 4 members (excludes halogenated alkanes) is 1. The lowest BCUT2D eigenvalue weighted by atomic mass is 10.2. The van der Waals surface area contributed by atoms with Gasteiger partial charge in [0, 0.05) is 15.7 Å². The number of halogens is 3. The molecule has 1 amide bonds. The summed E-state index contributed by atoms with van der Waals surface area (Å²) < 4.78 is 2.09. The zero-order chi connectivity index (χ0) is 12.0. The first-order chi connectivity index (χ1) is 7.65. The van der Waals surface area contributed by atoms with Gasteiger partial charge in [-0.15, -0.1) is 0 Å². The molecule has 1 aromatic carbocycles. The van der Waals surface area contributed by atoms with Crippen LogP contribution in [0.25, 0.3) is 0 Å². The Morgan fingerprint density at radius 3 is 2.75 bits per heavy atom. The van der Waals surface area contributed by atoms with Gasteiger partial charge >= 0.3 is 0 Å². The highest BCUT2D eigenvalue weighted by molar-refractivity contribution is 14.1. The number of hydrogen-bond acceptors (Lipinski definition) is 1. The first kappa shape index (κ1) is 14.5. The van der Waals surface area contributed by atoms with Crippen molar-refractivity contribution in [2.75, 3.05) is 11.0 Å². The maximum absolute atomic E-state index is 11.7. The maximum atomic E-state index is 11.7. The number of hydrogen-bond donors (Lipinski definition) is 1. The summed E-state index contributed by atoms with van der Waals surface area (Å²) in [5.74, 6) is -0.0493. The molecule has 2 nitrogen and oxygen atoms in total. The molecule has 0 fully saturated rings. The highest BCUT2D eigenvalue weighted by atomic mass is 127. The molecule has 0 saturated carbocycles. The van der Waals surface area contributed by atoms with Gasteiger partial charge in [-0.05, 0) is 58.1 Å². The van der Waals surface area contributed by atoms with E-state index in [1.54, 1.807) is 12.1 Å². The molecule has 0 spiro atoms. The molecule has 5 heteroatoms. The minimum atomic E-state index is -0.0493. The molecule has 0 aliphatic heterocycles. The van der Waals surface area contributed by atoms with Gasteiger partial charge < -0.3 is 5.32 Å². The smallest absolute Gasteiger partial charge is 0.251 e. The van der Waals surface area contributed by atoms with E-state index in [-0.39, 0.29) is 5.91 Å². The third-order valence-corrected chi connectivity index (χ3v) is 4.36. The topological polar surface area (TPSA) is 29.1 Å². The van der Waals surface area contributed by atoms with Crippen molar-refractivity contribution in [2.45, 2.75) is 12.8 Å². The van der Waals surface area contributed by atoms with E-state index < -0.39 is 0 Å². The van der Waals surface area contributed by atoms with E-state index in [0.717, 1.165) is 27.4 Å². The van der Waals surface area contributed by atoms with Crippen molar-refractivity contribution < 1.29 is 4.79 Å². The lowest BCUT2D eigenvalue weighted by Crippen LogP contribution is -2.24. The summed E-state index contributed by atoms with van der Waals surface area (Å²) in [6.07, 6.45) is 2.15. The van der Waals surface area contributed by atoms with Gasteiger partial charge in [0.05, 0.1) is 5.02 Å². The van der Waals surface area contributed by atoms with Crippen molar-refractivity contribution in [3.05, 3.63) is 32.4 Å². The molecule has 0 aliphatic carbocycles. The molecular weight excluding hydrogens is 451 g/mol. The van der Waals surface area contributed by atoms with Gasteiger partial charge in [0.25, 0.3) is 5.91 Å². The lowest BCUT2D eigenvalue weighted by molar-refractivity contribution is 0.0953. The third kappa shape index (κ3) is 4.75. The third-order valence-electron chi connectivity index (χ3n) is 2.03. The number of alkyl halides is 1. The fraction of sp³-hybridized carbons (Fsp3) is 0.364. The van der Waals surface area contributed by atoms with E-state index in [1.807, 2.05) is 6.07 Å². The lowest BCUT2D eigenvalue weighted by Gasteiger charge is -2.05. The Labute approximate surface area is 128 Å². The van der Waals surface area contributed by atoms with Crippen LogP contribution in [-0.2, 0) is 0 Å². The molecule has 0 aliphatic rings. The number of carbonyl (C=O) groups excluding carboxylic acids is 1. The van der Waals surface area contributed by atoms with Crippen molar-refractivity contribution in [1.82, 2.24) is 5.32 Å². The van der Waals surface area contributed by atoms with Crippen LogP contribution in [-0.4, -0.2) is 16.9 Å². The van der Waals surface area contributed by atoms with Crippen LogP contribution in [0.5, 0.6) is 0 Å². The molecule has 1 rings (SSSR count). The Hall–Kier alpha value is 0.440. The van der Waals surface area contributed by atoms with Crippen molar-refractivity contribution in [2.24, 2.45) is 0 Å². The minimum absolute atomic E-state index is 0.0493. The second kappa shape index (κ2) is 7.71. The van der Waals surface area contributed by atoms with Crippen LogP contribution in [0.4, 0.5) is 0 Å². The fourth-order valence-corrected chi connectivity index (χ4v) is 2.22. The van der Waals surface area contributed by atoms with Crippen LogP contribution in [0, 0.1) is 3.57 Å². The Balaban J connectivity index is 2.50. The highest BCUT2D eigenvalue weighted by Crippen LogP contribution is 2.19. The van der Waals surface area contributed by atoms with Crippen molar-refractivity contribution >= 4 is 62.7 Å². The SMILES string of the molecule is O=C(NCCCCI)c1ccc(I)c(Cl)c1. The number of nitrogens with one attached hydrogen (secondary N) is 1. The van der Waals surface area contributed by atoms with Crippen molar-refractivity contribution in [1.29, 1.82) is 0 Å². The monoisotopic (exact) mass is 463 g/mol. The summed E-state index contributed by atoms with van der Waals surface area (Å²) in [7, 11) is 0. The average Bonchev–Trinajstić information content (AvgIpc) is 2.28. The average molecular weight is 463 g/mol. The molecule has 0 saturated heterocycles. The zero-order valence-corrected chi connectivity index (χ0v) is 13.7. The Morgan fingerprint density at radius 2 is 2.12 bits per heavy atom. The standard InChI is InChI=1S/C11H12ClI2NO/c12-9-7-8(3-4-10(9)14)11(16)15-6-2-1-5-13/h3-4,7H,1-2,5-6H2,(H,15,16). The second-order valence-corrected chi connectivity index (χ2v) is 5.93. The van der Waals surface area contributed by atoms with Crippen LogP contribution in [0.1, 0.15) is 23.2 Å². The number of benzene rings is 1. The molecular formula is C11H12ClI2NO. The zero-order valence-electron chi connectivity index (χ0n) is 8.60. The van der Waals surface area contributed by atoms with E-state index in [4.69, 9.17) is 11.6 Å². The fourth-order valence-electron chi connectivity index (χ4n) is 1.16. The molecule has 0 aromatic heterocycles. The molecule has 16 heavy (non-hydrogen) atoms. The maximum Gasteiger partial charge on any atom is 0.251 e. The number of carbonyl (C=O) groups is 1. The number of rotatable bonds is 5. The summed E-state index contributed by atoms with van der Waals surface area (Å²) in [6.45, 7) is 0.728. The first-order valence-electron chi connectivity index (χ1n) is 4.94. The van der Waals surface area contributed by atoms with Crippen LogP contribution >= 0.6 is 56.8 Å². The normalized spacial score (nSPS) is 10.2. The largest absolute Gasteiger partial charge is 0.352 e. The second-order valence-electron chi connectivity index (χ2n) is 3.28. The van der Waals surface area contributed by atoms with Gasteiger partial charge in [0.15, 0.2) is 0 Å². The van der Waals surface area contributed by atoms with Gasteiger partial charge in [0.1, 0.15) is 0 Å². The van der Waals surface area contributed by atoms with Gasteiger partial charge in [-0.3, -0.25) is 4.79 Å². The van der Waals surface area contributed by atoms with Crippen LogP contribution < -0.4 is 5.32 Å². The van der Waals surface area contributed by atoms with Crippen molar-refractivity contribution in [3.8, 4) is 0 Å². The minimum Gasteiger partial charge on any atom is -0.352 e.